The Balaban J connectivity index is 1.77. The fourth-order valence-electron chi connectivity index (χ4n) is 2.39. The molecule has 0 spiro atoms. The second-order valence-corrected chi connectivity index (χ2v) is 6.47. The van der Waals surface area contributed by atoms with Crippen molar-refractivity contribution in [2.75, 3.05) is 20.0 Å². The molecule has 140 valence electrons. The highest BCUT2D eigenvalue weighted by molar-refractivity contribution is 8.15. The number of carbonyl (C=O) groups excluding carboxylic acids is 1. The first-order valence-corrected chi connectivity index (χ1v) is 9.14. The summed E-state index contributed by atoms with van der Waals surface area (Å²) in [5.41, 5.74) is 1.68. The predicted octanol–water partition coefficient (Wildman–Crippen LogP) is 2.84. The Morgan fingerprint density at radius 1 is 1.19 bits per heavy atom. The van der Waals surface area contributed by atoms with E-state index >= 15 is 0 Å². The maximum atomic E-state index is 11.2. The minimum atomic E-state index is -0.0716. The van der Waals surface area contributed by atoms with Gasteiger partial charge in [-0.3, -0.25) is 4.79 Å². The minimum Gasteiger partial charge on any atom is -0.497 e. The van der Waals surface area contributed by atoms with E-state index in [4.69, 9.17) is 14.2 Å². The standard InChI is InChI=1S/C19H19N3O4S/c1-24-15-7-3-5-13(9-15)11-26-18-14(6-4-8-16(18)25-2)10-20-22-19-21-17(23)12-27-19/h3-10H,11-12H2,1-2H3,(H,21,22,23). The molecule has 0 saturated carbocycles. The van der Waals surface area contributed by atoms with Crippen LogP contribution in [0.15, 0.2) is 52.7 Å². The summed E-state index contributed by atoms with van der Waals surface area (Å²) in [5.74, 6) is 2.22. The fraction of sp³-hybridized carbons (Fsp3) is 0.211. The first-order chi connectivity index (χ1) is 13.2. The number of nitrogens with one attached hydrogen (secondary N) is 1. The molecule has 0 unspecified atom stereocenters. The third-order valence-corrected chi connectivity index (χ3v) is 4.54. The number of hydrogen-bond acceptors (Lipinski definition) is 7. The van der Waals surface area contributed by atoms with E-state index in [-0.39, 0.29) is 5.91 Å². The van der Waals surface area contributed by atoms with E-state index in [0.29, 0.717) is 29.0 Å². The van der Waals surface area contributed by atoms with Crippen molar-refractivity contribution in [3.63, 3.8) is 0 Å². The number of rotatable bonds is 7. The lowest BCUT2D eigenvalue weighted by atomic mass is 10.2. The van der Waals surface area contributed by atoms with Crippen LogP contribution in [0, 0.1) is 0 Å². The summed E-state index contributed by atoms with van der Waals surface area (Å²) in [5, 5.41) is 11.2. The lowest BCUT2D eigenvalue weighted by Gasteiger charge is -2.13. The van der Waals surface area contributed by atoms with Crippen LogP contribution in [0.5, 0.6) is 17.2 Å². The zero-order valence-electron chi connectivity index (χ0n) is 15.0. The van der Waals surface area contributed by atoms with Gasteiger partial charge in [-0.25, -0.2) is 0 Å². The predicted molar refractivity (Wildman–Crippen MR) is 106 cm³/mol. The molecule has 1 fully saturated rings. The van der Waals surface area contributed by atoms with Crippen molar-refractivity contribution in [3.05, 3.63) is 53.6 Å². The molecule has 0 aromatic heterocycles. The highest BCUT2D eigenvalue weighted by atomic mass is 32.2. The molecule has 0 atom stereocenters. The molecule has 1 heterocycles. The Hall–Kier alpha value is -3.00. The maximum Gasteiger partial charge on any atom is 0.236 e. The third-order valence-electron chi connectivity index (χ3n) is 3.68. The lowest BCUT2D eigenvalue weighted by Crippen LogP contribution is -2.19. The topological polar surface area (TPSA) is 81.5 Å². The first kappa shape index (κ1) is 18.8. The molecule has 0 radical (unpaired) electrons. The van der Waals surface area contributed by atoms with Crippen LogP contribution in [0.25, 0.3) is 0 Å². The Labute approximate surface area is 161 Å². The van der Waals surface area contributed by atoms with Gasteiger partial charge in [-0.05, 0) is 29.8 Å². The van der Waals surface area contributed by atoms with Crippen molar-refractivity contribution in [2.45, 2.75) is 6.61 Å². The normalized spacial score (nSPS) is 15.2. The van der Waals surface area contributed by atoms with Crippen molar-refractivity contribution in [2.24, 2.45) is 10.2 Å². The number of carbonyl (C=O) groups is 1. The van der Waals surface area contributed by atoms with Gasteiger partial charge in [0.05, 0.1) is 26.2 Å². The second kappa shape index (κ2) is 9.09. The number of nitrogens with zero attached hydrogens (tertiary/aromatic N) is 2. The molecule has 8 heteroatoms. The summed E-state index contributed by atoms with van der Waals surface area (Å²) in [6, 6.07) is 13.2. The Morgan fingerprint density at radius 3 is 2.78 bits per heavy atom. The highest BCUT2D eigenvalue weighted by Gasteiger charge is 2.16. The second-order valence-electron chi connectivity index (χ2n) is 5.51. The zero-order valence-corrected chi connectivity index (χ0v) is 15.8. The average Bonchev–Trinajstić information content (AvgIpc) is 3.12. The molecular weight excluding hydrogens is 366 g/mol. The number of methoxy groups -OCH3 is 2. The maximum absolute atomic E-state index is 11.2. The molecule has 1 aliphatic heterocycles. The summed E-state index contributed by atoms with van der Waals surface area (Å²) in [7, 11) is 3.21. The van der Waals surface area contributed by atoms with Crippen LogP contribution < -0.4 is 19.5 Å². The van der Waals surface area contributed by atoms with E-state index in [1.807, 2.05) is 42.5 Å². The molecule has 27 heavy (non-hydrogen) atoms. The summed E-state index contributed by atoms with van der Waals surface area (Å²) in [6.45, 7) is 0.346. The summed E-state index contributed by atoms with van der Waals surface area (Å²) in [4.78, 5) is 11.2. The monoisotopic (exact) mass is 385 g/mol. The summed E-state index contributed by atoms with van der Waals surface area (Å²) in [6.07, 6.45) is 1.57. The molecule has 2 aromatic rings. The molecular formula is C19H19N3O4S. The van der Waals surface area contributed by atoms with Crippen molar-refractivity contribution in [3.8, 4) is 17.2 Å². The molecule has 0 aliphatic carbocycles. The van der Waals surface area contributed by atoms with E-state index in [1.54, 1.807) is 20.4 Å². The van der Waals surface area contributed by atoms with Gasteiger partial charge in [0.2, 0.25) is 5.91 Å². The van der Waals surface area contributed by atoms with E-state index in [1.165, 1.54) is 11.8 Å². The van der Waals surface area contributed by atoms with Crippen LogP contribution in [-0.4, -0.2) is 37.3 Å². The Kier molecular flexibility index (Phi) is 6.32. The van der Waals surface area contributed by atoms with E-state index in [2.05, 4.69) is 15.5 Å². The number of amides is 1. The quantitative estimate of drug-likeness (QED) is 0.585. The molecule has 1 N–H and O–H groups in total. The molecule has 1 amide bonds. The molecule has 7 nitrogen and oxygen atoms in total. The first-order valence-electron chi connectivity index (χ1n) is 8.16. The molecule has 3 rings (SSSR count). The Bertz CT molecular complexity index is 883. The van der Waals surface area contributed by atoms with Gasteiger partial charge in [0, 0.05) is 5.56 Å². The fourth-order valence-corrected chi connectivity index (χ4v) is 3.02. The molecule has 2 aromatic carbocycles. The lowest BCUT2D eigenvalue weighted by molar-refractivity contribution is -0.116. The van der Waals surface area contributed by atoms with Gasteiger partial charge in [-0.2, -0.15) is 5.10 Å². The van der Waals surface area contributed by atoms with Crippen molar-refractivity contribution in [1.29, 1.82) is 0 Å². The van der Waals surface area contributed by atoms with Gasteiger partial charge in [0.25, 0.3) is 0 Å². The van der Waals surface area contributed by atoms with Crippen molar-refractivity contribution >= 4 is 29.1 Å². The van der Waals surface area contributed by atoms with Crippen LogP contribution in [0.3, 0.4) is 0 Å². The summed E-state index contributed by atoms with van der Waals surface area (Å²) < 4.78 is 16.6. The van der Waals surface area contributed by atoms with Gasteiger partial charge in [-0.15, -0.1) is 5.10 Å². The van der Waals surface area contributed by atoms with Gasteiger partial charge < -0.3 is 19.5 Å². The smallest absolute Gasteiger partial charge is 0.236 e. The number of hydrogen-bond donors (Lipinski definition) is 1. The van der Waals surface area contributed by atoms with E-state index in [0.717, 1.165) is 16.9 Å². The van der Waals surface area contributed by atoms with E-state index < -0.39 is 0 Å². The van der Waals surface area contributed by atoms with Crippen LogP contribution in [0.1, 0.15) is 11.1 Å². The van der Waals surface area contributed by atoms with Gasteiger partial charge in [0.1, 0.15) is 12.4 Å². The SMILES string of the molecule is COc1cccc(COc2c(C=NN=C3NC(=O)CS3)cccc2OC)c1. The number of ether oxygens (including phenoxy) is 3. The van der Waals surface area contributed by atoms with Crippen LogP contribution in [-0.2, 0) is 11.4 Å². The molecule has 1 saturated heterocycles. The minimum absolute atomic E-state index is 0.0716. The Morgan fingerprint density at radius 2 is 2.04 bits per heavy atom. The number of para-hydroxylation sites is 1. The highest BCUT2D eigenvalue weighted by Crippen LogP contribution is 2.31. The van der Waals surface area contributed by atoms with Crippen LogP contribution in [0.4, 0.5) is 0 Å². The average molecular weight is 385 g/mol. The van der Waals surface area contributed by atoms with Crippen LogP contribution in [0.2, 0.25) is 0 Å². The third kappa shape index (κ3) is 5.01. The van der Waals surface area contributed by atoms with Gasteiger partial charge in [0.15, 0.2) is 16.7 Å². The summed E-state index contributed by atoms with van der Waals surface area (Å²) >= 11 is 1.32. The van der Waals surface area contributed by atoms with Gasteiger partial charge in [-0.1, -0.05) is 30.0 Å². The van der Waals surface area contributed by atoms with Crippen molar-refractivity contribution in [1.82, 2.24) is 5.32 Å². The van der Waals surface area contributed by atoms with Crippen LogP contribution >= 0.6 is 11.8 Å². The molecule has 1 aliphatic rings. The molecule has 0 bridgehead atoms. The van der Waals surface area contributed by atoms with Gasteiger partial charge >= 0.3 is 0 Å². The number of thioether (sulfide) groups is 1. The number of benzene rings is 2. The van der Waals surface area contributed by atoms with Crippen molar-refractivity contribution < 1.29 is 19.0 Å². The van der Waals surface area contributed by atoms with E-state index in [9.17, 15) is 4.79 Å². The number of amidine groups is 1. The largest absolute Gasteiger partial charge is 0.497 e. The zero-order chi connectivity index (χ0) is 19.1.